The lowest BCUT2D eigenvalue weighted by atomic mass is 10.0. The largest absolute Gasteiger partial charge is 0.404 e. The Labute approximate surface area is 87.0 Å². The first-order valence-electron chi connectivity index (χ1n) is 4.70. The van der Waals surface area contributed by atoms with Gasteiger partial charge in [-0.05, 0) is 37.1 Å². The van der Waals surface area contributed by atoms with Crippen LogP contribution in [0, 0.1) is 5.92 Å². The molecule has 0 heterocycles. The van der Waals surface area contributed by atoms with Crippen LogP contribution in [0.2, 0.25) is 0 Å². The second-order valence-electron chi connectivity index (χ2n) is 3.45. The van der Waals surface area contributed by atoms with Gasteiger partial charge in [0.15, 0.2) is 0 Å². The molecule has 1 nitrogen and oxygen atoms in total. The van der Waals surface area contributed by atoms with Crippen molar-refractivity contribution in [3.63, 3.8) is 0 Å². The average molecular weight is 189 g/mol. The average Bonchev–Trinajstić information content (AvgIpc) is 2.14. The van der Waals surface area contributed by atoms with Gasteiger partial charge in [-0.1, -0.05) is 37.8 Å². The summed E-state index contributed by atoms with van der Waals surface area (Å²) >= 11 is 0. The fraction of sp³-hybridized carbons (Fsp3) is 0.308. The molecule has 0 saturated heterocycles. The Morgan fingerprint density at radius 1 is 1.50 bits per heavy atom. The van der Waals surface area contributed by atoms with Gasteiger partial charge in [0.1, 0.15) is 0 Å². The standard InChI is InChI=1S/C13H19N/c1-5-6-11(2)9-12(3)7-8-13(4)10-14/h6-8,10-11H,1,3,9,14H2,2,4H3/b8-7-,13-10-. The maximum atomic E-state index is 5.34. The summed E-state index contributed by atoms with van der Waals surface area (Å²) in [6.45, 7) is 11.6. The van der Waals surface area contributed by atoms with E-state index in [0.29, 0.717) is 5.92 Å². The Morgan fingerprint density at radius 2 is 2.14 bits per heavy atom. The molecule has 0 bridgehead atoms. The van der Waals surface area contributed by atoms with Crippen molar-refractivity contribution >= 4 is 0 Å². The third kappa shape index (κ3) is 6.10. The molecule has 0 radical (unpaired) electrons. The maximum absolute atomic E-state index is 5.34. The van der Waals surface area contributed by atoms with Crippen LogP contribution in [-0.2, 0) is 0 Å². The summed E-state index contributed by atoms with van der Waals surface area (Å²) in [5, 5.41) is 0. The summed E-state index contributed by atoms with van der Waals surface area (Å²) in [5.41, 5.74) is 10.2. The summed E-state index contributed by atoms with van der Waals surface area (Å²) in [6, 6.07) is 0. The molecule has 0 aliphatic heterocycles. The van der Waals surface area contributed by atoms with Gasteiger partial charge in [-0.25, -0.2) is 0 Å². The molecule has 1 unspecified atom stereocenters. The minimum Gasteiger partial charge on any atom is -0.404 e. The smallest absolute Gasteiger partial charge is 0.00325 e. The zero-order valence-corrected chi connectivity index (χ0v) is 9.09. The van der Waals surface area contributed by atoms with Gasteiger partial charge in [-0.3, -0.25) is 0 Å². The van der Waals surface area contributed by atoms with Gasteiger partial charge in [-0.2, -0.15) is 0 Å². The third-order valence-electron chi connectivity index (χ3n) is 1.83. The van der Waals surface area contributed by atoms with E-state index in [1.807, 2.05) is 25.2 Å². The van der Waals surface area contributed by atoms with E-state index < -0.39 is 0 Å². The molecular weight excluding hydrogens is 170 g/mol. The molecule has 0 aromatic heterocycles. The van der Waals surface area contributed by atoms with E-state index in [4.69, 9.17) is 5.73 Å². The number of hydrogen-bond donors (Lipinski definition) is 1. The second-order valence-corrected chi connectivity index (χ2v) is 3.45. The predicted octanol–water partition coefficient (Wildman–Crippen LogP) is 3.33. The van der Waals surface area contributed by atoms with E-state index in [2.05, 4.69) is 25.8 Å². The zero-order valence-electron chi connectivity index (χ0n) is 9.09. The van der Waals surface area contributed by atoms with Crippen molar-refractivity contribution in [3.05, 3.63) is 54.5 Å². The summed E-state index contributed by atoms with van der Waals surface area (Å²) in [4.78, 5) is 0. The van der Waals surface area contributed by atoms with Crippen LogP contribution in [0.5, 0.6) is 0 Å². The molecule has 0 aliphatic rings. The topological polar surface area (TPSA) is 26.0 Å². The van der Waals surface area contributed by atoms with Crippen LogP contribution < -0.4 is 5.73 Å². The van der Waals surface area contributed by atoms with Crippen LogP contribution in [-0.4, -0.2) is 0 Å². The van der Waals surface area contributed by atoms with Crippen LogP contribution in [0.4, 0.5) is 0 Å². The molecule has 14 heavy (non-hydrogen) atoms. The van der Waals surface area contributed by atoms with E-state index in [1.165, 1.54) is 0 Å². The van der Waals surface area contributed by atoms with Crippen molar-refractivity contribution < 1.29 is 0 Å². The number of nitrogens with two attached hydrogens (primary N) is 1. The minimum atomic E-state index is 0.437. The first kappa shape index (κ1) is 12.5. The van der Waals surface area contributed by atoms with E-state index in [1.54, 1.807) is 6.20 Å². The third-order valence-corrected chi connectivity index (χ3v) is 1.83. The molecule has 0 aromatic carbocycles. The molecule has 0 amide bonds. The quantitative estimate of drug-likeness (QED) is 0.521. The lowest BCUT2D eigenvalue weighted by molar-refractivity contribution is 0.729. The van der Waals surface area contributed by atoms with Crippen LogP contribution in [0.25, 0.3) is 0 Å². The van der Waals surface area contributed by atoms with Crippen LogP contribution in [0.1, 0.15) is 20.3 Å². The van der Waals surface area contributed by atoms with Crippen molar-refractivity contribution in [2.24, 2.45) is 11.7 Å². The summed E-state index contributed by atoms with van der Waals surface area (Å²) in [5.74, 6) is 0.437. The highest BCUT2D eigenvalue weighted by Crippen LogP contribution is 2.12. The zero-order chi connectivity index (χ0) is 11.0. The Kier molecular flexibility index (Phi) is 6.26. The monoisotopic (exact) mass is 189 g/mol. The van der Waals surface area contributed by atoms with Crippen molar-refractivity contribution in [2.75, 3.05) is 0 Å². The Morgan fingerprint density at radius 3 is 2.64 bits per heavy atom. The van der Waals surface area contributed by atoms with Gasteiger partial charge in [0, 0.05) is 0 Å². The van der Waals surface area contributed by atoms with Crippen molar-refractivity contribution in [2.45, 2.75) is 20.3 Å². The highest BCUT2D eigenvalue weighted by molar-refractivity contribution is 5.24. The minimum absolute atomic E-state index is 0.437. The second kappa shape index (κ2) is 6.99. The molecule has 2 N–H and O–H groups in total. The van der Waals surface area contributed by atoms with Gasteiger partial charge in [0.05, 0.1) is 0 Å². The van der Waals surface area contributed by atoms with Gasteiger partial charge in [-0.15, -0.1) is 5.73 Å². The Hall–Kier alpha value is -1.46. The Bertz CT molecular complexity index is 288. The van der Waals surface area contributed by atoms with Crippen molar-refractivity contribution in [3.8, 4) is 0 Å². The molecule has 0 saturated carbocycles. The molecule has 1 heteroatoms. The highest BCUT2D eigenvalue weighted by atomic mass is 14.5. The Balaban J connectivity index is 4.11. The molecule has 0 aliphatic carbocycles. The molecule has 0 aromatic rings. The first-order chi connectivity index (χ1) is 6.60. The summed E-state index contributed by atoms with van der Waals surface area (Å²) < 4.78 is 0. The van der Waals surface area contributed by atoms with Gasteiger partial charge in [0.2, 0.25) is 0 Å². The summed E-state index contributed by atoms with van der Waals surface area (Å²) in [7, 11) is 0. The summed E-state index contributed by atoms with van der Waals surface area (Å²) in [6.07, 6.45) is 8.41. The van der Waals surface area contributed by atoms with Crippen LogP contribution >= 0.6 is 0 Å². The predicted molar refractivity (Wildman–Crippen MR) is 63.7 cm³/mol. The molecule has 76 valence electrons. The lowest BCUT2D eigenvalue weighted by Gasteiger charge is -2.04. The van der Waals surface area contributed by atoms with E-state index >= 15 is 0 Å². The molecule has 0 rings (SSSR count). The molecule has 0 spiro atoms. The van der Waals surface area contributed by atoms with Crippen LogP contribution in [0.3, 0.4) is 0 Å². The fourth-order valence-corrected chi connectivity index (χ4v) is 1.05. The lowest BCUT2D eigenvalue weighted by Crippen LogP contribution is -1.89. The van der Waals surface area contributed by atoms with Crippen LogP contribution in [0.15, 0.2) is 54.5 Å². The van der Waals surface area contributed by atoms with Gasteiger partial charge in [0.25, 0.3) is 0 Å². The number of allylic oxidation sites excluding steroid dienone is 5. The van der Waals surface area contributed by atoms with E-state index in [-0.39, 0.29) is 0 Å². The SMILES string of the molecule is C=C=CC(C)CC(=C)/C=C\C(C)=C/N. The maximum Gasteiger partial charge on any atom is -0.00325 e. The number of rotatable bonds is 5. The first-order valence-corrected chi connectivity index (χ1v) is 4.70. The fourth-order valence-electron chi connectivity index (χ4n) is 1.05. The van der Waals surface area contributed by atoms with Crippen molar-refractivity contribution in [1.29, 1.82) is 0 Å². The highest BCUT2D eigenvalue weighted by Gasteiger charge is 1.97. The van der Waals surface area contributed by atoms with Gasteiger partial charge < -0.3 is 5.73 Å². The van der Waals surface area contributed by atoms with Crippen molar-refractivity contribution in [1.82, 2.24) is 0 Å². The molecule has 1 atom stereocenters. The molecular formula is C13H19N. The molecule has 0 fully saturated rings. The van der Waals surface area contributed by atoms with Gasteiger partial charge >= 0.3 is 0 Å². The van der Waals surface area contributed by atoms with E-state index in [9.17, 15) is 0 Å². The normalized spacial score (nSPS) is 13.7. The number of hydrogen-bond acceptors (Lipinski definition) is 1. The van der Waals surface area contributed by atoms with E-state index in [0.717, 1.165) is 17.6 Å².